The number of amides is 3. The lowest BCUT2D eigenvalue weighted by atomic mass is 10.1. The molecule has 0 saturated carbocycles. The molecule has 254 valence electrons. The number of aromatic nitrogens is 1. The van der Waals surface area contributed by atoms with Crippen molar-refractivity contribution in [3.05, 3.63) is 166 Å². The van der Waals surface area contributed by atoms with Gasteiger partial charge in [0.15, 0.2) is 5.13 Å². The Bertz CT molecular complexity index is 2190. The summed E-state index contributed by atoms with van der Waals surface area (Å²) < 4.78 is 5.34. The maximum atomic E-state index is 13.8. The third-order valence-corrected chi connectivity index (χ3v) is 9.87. The number of ether oxygens (including phenoxy) is 1. The summed E-state index contributed by atoms with van der Waals surface area (Å²) in [5.41, 5.74) is 3.84. The summed E-state index contributed by atoms with van der Waals surface area (Å²) >= 11 is 9.06. The molecule has 0 spiro atoms. The third kappa shape index (κ3) is 9.31. The van der Waals surface area contributed by atoms with Gasteiger partial charge in [-0.1, -0.05) is 96.5 Å². The highest BCUT2D eigenvalue weighted by atomic mass is 35.5. The van der Waals surface area contributed by atoms with E-state index in [1.807, 2.05) is 66.0 Å². The first-order chi connectivity index (χ1) is 24.9. The predicted octanol–water partition coefficient (Wildman–Crippen LogP) is 9.35. The molecular weight excluding hydrogens is 700 g/mol. The van der Waals surface area contributed by atoms with Crippen molar-refractivity contribution in [1.29, 1.82) is 0 Å². The Morgan fingerprint density at radius 1 is 0.824 bits per heavy atom. The number of benzene rings is 5. The molecule has 1 heterocycles. The summed E-state index contributed by atoms with van der Waals surface area (Å²) in [6, 6.07) is 39.9. The molecule has 0 aliphatic rings. The molecule has 0 saturated heterocycles. The molecule has 1 unspecified atom stereocenters. The second kappa shape index (κ2) is 16.8. The van der Waals surface area contributed by atoms with Crippen LogP contribution < -0.4 is 20.7 Å². The van der Waals surface area contributed by atoms with Gasteiger partial charge in [-0.2, -0.15) is 0 Å². The van der Waals surface area contributed by atoms with Gasteiger partial charge in [-0.25, -0.2) is 4.98 Å². The van der Waals surface area contributed by atoms with Crippen molar-refractivity contribution in [3.8, 4) is 17.0 Å². The number of nitrogens with one attached hydrogen (secondary N) is 3. The number of rotatable bonds is 12. The molecule has 3 amide bonds. The summed E-state index contributed by atoms with van der Waals surface area (Å²) in [6.07, 6.45) is 1.53. The van der Waals surface area contributed by atoms with Crippen LogP contribution in [0.1, 0.15) is 26.7 Å². The first-order valence-electron chi connectivity index (χ1n) is 15.7. The number of methoxy groups -OCH3 is 1. The highest BCUT2D eigenvalue weighted by Gasteiger charge is 2.24. The van der Waals surface area contributed by atoms with Crippen LogP contribution in [0.2, 0.25) is 5.02 Å². The number of hydrogen-bond donors (Lipinski definition) is 3. The van der Waals surface area contributed by atoms with E-state index in [9.17, 15) is 14.4 Å². The van der Waals surface area contributed by atoms with Crippen LogP contribution >= 0.6 is 34.7 Å². The Labute approximate surface area is 308 Å². The van der Waals surface area contributed by atoms with Crippen LogP contribution in [0.25, 0.3) is 17.3 Å². The molecule has 8 nitrogen and oxygen atoms in total. The van der Waals surface area contributed by atoms with E-state index in [0.29, 0.717) is 27.0 Å². The number of halogens is 1. The van der Waals surface area contributed by atoms with Crippen molar-refractivity contribution < 1.29 is 19.1 Å². The average Bonchev–Trinajstić information content (AvgIpc) is 3.63. The lowest BCUT2D eigenvalue weighted by Gasteiger charge is -2.17. The molecule has 6 rings (SSSR count). The van der Waals surface area contributed by atoms with Crippen LogP contribution in [0.4, 0.5) is 10.8 Å². The number of thioether (sulfide) groups is 1. The van der Waals surface area contributed by atoms with Crippen molar-refractivity contribution >= 4 is 69.3 Å². The Morgan fingerprint density at radius 3 is 2.31 bits per heavy atom. The average molecular weight is 731 g/mol. The highest BCUT2D eigenvalue weighted by Crippen LogP contribution is 2.38. The van der Waals surface area contributed by atoms with Gasteiger partial charge in [-0.3, -0.25) is 14.4 Å². The molecule has 6 aromatic rings. The van der Waals surface area contributed by atoms with Gasteiger partial charge in [0.25, 0.3) is 11.8 Å². The first-order valence-corrected chi connectivity index (χ1v) is 17.9. The largest absolute Gasteiger partial charge is 0.497 e. The zero-order valence-corrected chi connectivity index (χ0v) is 29.6. The molecule has 0 bridgehead atoms. The monoisotopic (exact) mass is 730 g/mol. The Kier molecular flexibility index (Phi) is 11.6. The van der Waals surface area contributed by atoms with Gasteiger partial charge < -0.3 is 20.7 Å². The number of thiazole rings is 1. The van der Waals surface area contributed by atoms with E-state index in [4.69, 9.17) is 16.3 Å². The Balaban J connectivity index is 1.21. The van der Waals surface area contributed by atoms with Crippen molar-refractivity contribution in [2.75, 3.05) is 17.7 Å². The van der Waals surface area contributed by atoms with E-state index in [2.05, 4.69) is 20.9 Å². The summed E-state index contributed by atoms with van der Waals surface area (Å²) in [7, 11) is 1.61. The van der Waals surface area contributed by atoms with Crippen LogP contribution in [-0.2, 0) is 9.59 Å². The zero-order valence-electron chi connectivity index (χ0n) is 27.2. The fourth-order valence-corrected chi connectivity index (χ4v) is 6.99. The maximum Gasteiger partial charge on any atom is 0.272 e. The summed E-state index contributed by atoms with van der Waals surface area (Å²) in [4.78, 5) is 46.0. The number of carbonyl (C=O) groups excluding carboxylic acids is 3. The summed E-state index contributed by atoms with van der Waals surface area (Å²) in [6.45, 7) is 0. The van der Waals surface area contributed by atoms with Crippen molar-refractivity contribution in [3.63, 3.8) is 0 Å². The van der Waals surface area contributed by atoms with Gasteiger partial charge in [0.2, 0.25) is 5.91 Å². The molecule has 3 N–H and O–H groups in total. The molecule has 0 aliphatic heterocycles. The molecule has 1 aromatic heterocycles. The van der Waals surface area contributed by atoms with Gasteiger partial charge in [0.05, 0.1) is 12.8 Å². The second-order valence-electron chi connectivity index (χ2n) is 11.0. The smallest absolute Gasteiger partial charge is 0.272 e. The molecule has 1 atom stereocenters. The minimum absolute atomic E-state index is 0.00770. The first kappa shape index (κ1) is 35.2. The quantitative estimate of drug-likeness (QED) is 0.0856. The maximum absolute atomic E-state index is 13.8. The minimum Gasteiger partial charge on any atom is -0.497 e. The van der Waals surface area contributed by atoms with Crippen LogP contribution in [-0.4, -0.2) is 29.8 Å². The predicted molar refractivity (Wildman–Crippen MR) is 206 cm³/mol. The fourth-order valence-electron chi connectivity index (χ4n) is 4.99. The summed E-state index contributed by atoms with van der Waals surface area (Å²) in [5, 5.41) is 10.8. The van der Waals surface area contributed by atoms with E-state index in [0.717, 1.165) is 27.5 Å². The van der Waals surface area contributed by atoms with Crippen molar-refractivity contribution in [1.82, 2.24) is 10.3 Å². The molecule has 0 aliphatic carbocycles. The Hall–Kier alpha value is -5.68. The SMILES string of the molecule is COc1cccc(-c2csc(NC(=O)C(Sc3cccc(NC(=O)/C(=C\c4ccccc4Cl)NC(=O)c4ccccc4)c3)c3ccccc3)n2)c1. The number of nitrogens with zero attached hydrogens (tertiary/aromatic N) is 1. The molecule has 51 heavy (non-hydrogen) atoms. The van der Waals surface area contributed by atoms with Crippen LogP contribution in [0, 0.1) is 0 Å². The van der Waals surface area contributed by atoms with E-state index >= 15 is 0 Å². The molecule has 5 aromatic carbocycles. The topological polar surface area (TPSA) is 109 Å². The van der Waals surface area contributed by atoms with E-state index in [1.165, 1.54) is 29.2 Å². The van der Waals surface area contributed by atoms with Gasteiger partial charge >= 0.3 is 0 Å². The van der Waals surface area contributed by atoms with Crippen LogP contribution in [0.5, 0.6) is 5.75 Å². The zero-order chi connectivity index (χ0) is 35.6. The number of carbonyl (C=O) groups is 3. The normalized spacial score (nSPS) is 11.7. The van der Waals surface area contributed by atoms with Crippen LogP contribution in [0.15, 0.2) is 149 Å². The van der Waals surface area contributed by atoms with Crippen molar-refractivity contribution in [2.24, 2.45) is 0 Å². The lowest BCUT2D eigenvalue weighted by Crippen LogP contribution is -2.30. The third-order valence-electron chi connectivity index (χ3n) is 7.52. The van der Waals surface area contributed by atoms with Crippen molar-refractivity contribution in [2.45, 2.75) is 10.1 Å². The standard InChI is InChI=1S/C40H31ClN4O4S2/c1-49-31-19-10-17-29(22-31)35-25-50-40(44-35)45-39(48)36(26-12-4-2-5-13-26)51-32-20-11-18-30(24-32)42-38(47)34(23-28-16-8-9-21-33(28)41)43-37(46)27-14-6-3-7-15-27/h2-25,36H,1H3,(H,42,47)(H,43,46)(H,44,45,48)/b34-23+. The highest BCUT2D eigenvalue weighted by molar-refractivity contribution is 8.00. The van der Waals surface area contributed by atoms with Gasteiger partial charge in [0, 0.05) is 32.1 Å². The summed E-state index contributed by atoms with van der Waals surface area (Å²) in [5.74, 6) is -0.522. The van der Waals surface area contributed by atoms with Gasteiger partial charge in [0.1, 0.15) is 16.7 Å². The molecular formula is C40H31ClN4O4S2. The molecule has 0 radical (unpaired) electrons. The number of anilines is 2. The minimum atomic E-state index is -0.637. The van der Waals surface area contributed by atoms with Gasteiger partial charge in [-0.15, -0.1) is 23.1 Å². The Morgan fingerprint density at radius 2 is 1.55 bits per heavy atom. The second-order valence-corrected chi connectivity index (χ2v) is 13.5. The van der Waals surface area contributed by atoms with E-state index in [1.54, 1.807) is 79.9 Å². The lowest BCUT2D eigenvalue weighted by molar-refractivity contribution is -0.116. The molecule has 11 heteroatoms. The van der Waals surface area contributed by atoms with E-state index in [-0.39, 0.29) is 11.6 Å². The molecule has 0 fully saturated rings. The fraction of sp³-hybridized carbons (Fsp3) is 0.0500. The number of hydrogen-bond acceptors (Lipinski definition) is 7. The van der Waals surface area contributed by atoms with Crippen LogP contribution in [0.3, 0.4) is 0 Å². The van der Waals surface area contributed by atoms with E-state index < -0.39 is 17.1 Å². The van der Waals surface area contributed by atoms with Gasteiger partial charge in [-0.05, 0) is 65.7 Å².